The Bertz CT molecular complexity index is 430. The molecule has 0 aliphatic carbocycles. The Hall–Kier alpha value is -2.18. The highest BCUT2D eigenvalue weighted by Crippen LogP contribution is 2.12. The van der Waals surface area contributed by atoms with E-state index in [9.17, 15) is 9.59 Å². The normalized spacial score (nSPS) is 12.2. The van der Waals surface area contributed by atoms with Crippen molar-refractivity contribution in [2.24, 2.45) is 17.6 Å². The molecular weight excluding hydrogens is 236 g/mol. The van der Waals surface area contributed by atoms with Crippen molar-refractivity contribution < 1.29 is 14.7 Å². The van der Waals surface area contributed by atoms with Gasteiger partial charge in [-0.2, -0.15) is 0 Å². The molecule has 7 nitrogen and oxygen atoms in total. The maximum atomic E-state index is 11.0. The molecule has 0 aromatic carbocycles. The first-order chi connectivity index (χ1) is 8.41. The number of hydrogen-bond acceptors (Lipinski definition) is 5. The Morgan fingerprint density at radius 1 is 1.39 bits per heavy atom. The lowest BCUT2D eigenvalue weighted by Gasteiger charge is -2.16. The fraction of sp³-hybridized carbons (Fsp3) is 0.455. The van der Waals surface area contributed by atoms with E-state index in [4.69, 9.17) is 10.8 Å². The summed E-state index contributed by atoms with van der Waals surface area (Å²) < 4.78 is 0. The van der Waals surface area contributed by atoms with E-state index in [0.717, 1.165) is 0 Å². The number of nitrogens with two attached hydrogens (primary N) is 1. The highest BCUT2D eigenvalue weighted by Gasteiger charge is 2.21. The monoisotopic (exact) mass is 252 g/mol. The zero-order valence-electron chi connectivity index (χ0n) is 10.3. The Labute approximate surface area is 104 Å². The van der Waals surface area contributed by atoms with Crippen LogP contribution in [0.15, 0.2) is 12.1 Å². The van der Waals surface area contributed by atoms with Crippen LogP contribution >= 0.6 is 0 Å². The van der Waals surface area contributed by atoms with Gasteiger partial charge in [-0.15, -0.1) is 10.2 Å². The molecule has 1 amide bonds. The molecule has 0 saturated heterocycles. The molecule has 1 atom stereocenters. The Balaban J connectivity index is 2.62. The van der Waals surface area contributed by atoms with E-state index in [0.29, 0.717) is 5.82 Å². The minimum Gasteiger partial charge on any atom is -0.481 e. The molecular formula is C11H16N4O3. The quantitative estimate of drug-likeness (QED) is 0.672. The van der Waals surface area contributed by atoms with Crippen LogP contribution in [0.4, 0.5) is 5.82 Å². The largest absolute Gasteiger partial charge is 0.481 e. The van der Waals surface area contributed by atoms with Crippen LogP contribution in [-0.2, 0) is 4.79 Å². The Morgan fingerprint density at radius 3 is 2.44 bits per heavy atom. The minimum atomic E-state index is -0.862. The highest BCUT2D eigenvalue weighted by molar-refractivity contribution is 5.90. The molecule has 1 heterocycles. The van der Waals surface area contributed by atoms with Crippen LogP contribution in [0.2, 0.25) is 0 Å². The van der Waals surface area contributed by atoms with Gasteiger partial charge in [-0.25, -0.2) is 0 Å². The van der Waals surface area contributed by atoms with Crippen molar-refractivity contribution in [3.05, 3.63) is 17.8 Å². The van der Waals surface area contributed by atoms with Gasteiger partial charge >= 0.3 is 5.97 Å². The average molecular weight is 252 g/mol. The number of aromatic nitrogens is 2. The van der Waals surface area contributed by atoms with Crippen molar-refractivity contribution >= 4 is 17.7 Å². The van der Waals surface area contributed by atoms with Crippen molar-refractivity contribution in [3.63, 3.8) is 0 Å². The van der Waals surface area contributed by atoms with Crippen LogP contribution in [0.5, 0.6) is 0 Å². The predicted molar refractivity (Wildman–Crippen MR) is 65.0 cm³/mol. The number of carboxylic acid groups (broad SMARTS) is 1. The first-order valence-corrected chi connectivity index (χ1v) is 5.52. The summed E-state index contributed by atoms with van der Waals surface area (Å²) in [7, 11) is 0. The smallest absolute Gasteiger partial charge is 0.308 e. The van der Waals surface area contributed by atoms with Crippen LogP contribution in [0.3, 0.4) is 0 Å². The van der Waals surface area contributed by atoms with Crippen molar-refractivity contribution in [2.75, 3.05) is 11.9 Å². The number of aliphatic carboxylic acids is 1. The molecule has 1 rings (SSSR count). The molecule has 1 aromatic rings. The molecule has 98 valence electrons. The van der Waals surface area contributed by atoms with Gasteiger partial charge in [0, 0.05) is 6.54 Å². The van der Waals surface area contributed by atoms with E-state index >= 15 is 0 Å². The predicted octanol–water partition coefficient (Wildman–Crippen LogP) is 0.344. The lowest BCUT2D eigenvalue weighted by Crippen LogP contribution is -2.28. The number of hydrogen-bond donors (Lipinski definition) is 3. The molecule has 1 unspecified atom stereocenters. The van der Waals surface area contributed by atoms with Gasteiger partial charge in [0.15, 0.2) is 5.69 Å². The summed E-state index contributed by atoms with van der Waals surface area (Å²) >= 11 is 0. The van der Waals surface area contributed by atoms with E-state index in [2.05, 4.69) is 15.5 Å². The number of nitrogens with one attached hydrogen (secondary N) is 1. The molecule has 4 N–H and O–H groups in total. The molecule has 0 radical (unpaired) electrons. The lowest BCUT2D eigenvalue weighted by atomic mass is 9.96. The third-order valence-electron chi connectivity index (χ3n) is 2.54. The molecule has 0 bridgehead atoms. The molecule has 7 heteroatoms. The number of primary amides is 1. The number of anilines is 1. The van der Waals surface area contributed by atoms with Crippen molar-refractivity contribution in [3.8, 4) is 0 Å². The van der Waals surface area contributed by atoms with E-state index in [1.165, 1.54) is 12.1 Å². The van der Waals surface area contributed by atoms with Crippen LogP contribution in [-0.4, -0.2) is 33.7 Å². The van der Waals surface area contributed by atoms with Crippen molar-refractivity contribution in [2.45, 2.75) is 13.8 Å². The summed E-state index contributed by atoms with van der Waals surface area (Å²) in [5.41, 5.74) is 5.09. The number of carbonyl (C=O) groups is 2. The lowest BCUT2D eigenvalue weighted by molar-refractivity contribution is -0.142. The second-order valence-corrected chi connectivity index (χ2v) is 4.24. The summed E-state index contributed by atoms with van der Waals surface area (Å²) in [6.45, 7) is 3.92. The van der Waals surface area contributed by atoms with Crippen LogP contribution < -0.4 is 11.1 Å². The zero-order valence-corrected chi connectivity index (χ0v) is 10.3. The van der Waals surface area contributed by atoms with E-state index in [-0.39, 0.29) is 18.2 Å². The Kier molecular flexibility index (Phi) is 4.59. The molecule has 0 fully saturated rings. The highest BCUT2D eigenvalue weighted by atomic mass is 16.4. The minimum absolute atomic E-state index is 0.00727. The van der Waals surface area contributed by atoms with Crippen molar-refractivity contribution in [1.82, 2.24) is 10.2 Å². The molecule has 1 aromatic heterocycles. The van der Waals surface area contributed by atoms with Gasteiger partial charge < -0.3 is 16.2 Å². The molecule has 0 aliphatic rings. The van der Waals surface area contributed by atoms with Gasteiger partial charge in [0.1, 0.15) is 5.82 Å². The summed E-state index contributed by atoms with van der Waals surface area (Å²) in [5.74, 6) is -1.61. The van der Waals surface area contributed by atoms with Gasteiger partial charge in [0.05, 0.1) is 5.92 Å². The Morgan fingerprint density at radius 2 is 2.06 bits per heavy atom. The van der Waals surface area contributed by atoms with E-state index in [1.807, 2.05) is 13.8 Å². The average Bonchev–Trinajstić information content (AvgIpc) is 2.28. The summed E-state index contributed by atoms with van der Waals surface area (Å²) in [5, 5.41) is 19.2. The van der Waals surface area contributed by atoms with Crippen LogP contribution in [0, 0.1) is 11.8 Å². The maximum Gasteiger partial charge on any atom is 0.308 e. The third-order valence-corrected chi connectivity index (χ3v) is 2.54. The summed E-state index contributed by atoms with van der Waals surface area (Å²) in [6, 6.07) is 2.97. The molecule has 0 spiro atoms. The summed E-state index contributed by atoms with van der Waals surface area (Å²) in [6.07, 6.45) is 0. The number of rotatable bonds is 6. The van der Waals surface area contributed by atoms with Gasteiger partial charge in [-0.1, -0.05) is 13.8 Å². The van der Waals surface area contributed by atoms with E-state index in [1.54, 1.807) is 0 Å². The van der Waals surface area contributed by atoms with E-state index < -0.39 is 17.8 Å². The number of amides is 1. The fourth-order valence-corrected chi connectivity index (χ4v) is 1.38. The summed E-state index contributed by atoms with van der Waals surface area (Å²) in [4.78, 5) is 21.7. The maximum absolute atomic E-state index is 11.0. The molecule has 0 aliphatic heterocycles. The van der Waals surface area contributed by atoms with Gasteiger partial charge in [0.2, 0.25) is 0 Å². The number of carbonyl (C=O) groups excluding carboxylic acids is 1. The molecule has 18 heavy (non-hydrogen) atoms. The first kappa shape index (κ1) is 13.9. The van der Waals surface area contributed by atoms with Crippen molar-refractivity contribution in [1.29, 1.82) is 0 Å². The first-order valence-electron chi connectivity index (χ1n) is 5.52. The number of carboxylic acids is 1. The van der Waals surface area contributed by atoms with Gasteiger partial charge in [0.25, 0.3) is 5.91 Å². The van der Waals surface area contributed by atoms with Crippen LogP contribution in [0.1, 0.15) is 24.3 Å². The van der Waals surface area contributed by atoms with Gasteiger partial charge in [-0.3, -0.25) is 9.59 Å². The van der Waals surface area contributed by atoms with Crippen LogP contribution in [0.25, 0.3) is 0 Å². The third kappa shape index (κ3) is 3.69. The fourth-order valence-electron chi connectivity index (χ4n) is 1.38. The standard InChI is InChI=1S/C11H16N4O3/c1-6(2)7(11(17)18)5-13-9-4-3-8(10(12)16)14-15-9/h3-4,6-7H,5H2,1-2H3,(H2,12,16)(H,13,15)(H,17,18). The van der Waals surface area contributed by atoms with Gasteiger partial charge in [-0.05, 0) is 18.1 Å². The SMILES string of the molecule is CC(C)C(CNc1ccc(C(N)=O)nn1)C(=O)O. The topological polar surface area (TPSA) is 118 Å². The molecule has 0 saturated carbocycles. The second kappa shape index (κ2) is 5.95. The zero-order chi connectivity index (χ0) is 13.7. The second-order valence-electron chi connectivity index (χ2n) is 4.24. The number of nitrogens with zero attached hydrogens (tertiary/aromatic N) is 2.